The maximum Gasteiger partial charge on any atom is 0.0544 e. The van der Waals surface area contributed by atoms with E-state index in [1.54, 1.807) is 0 Å². The highest BCUT2D eigenvalue weighted by Gasteiger charge is 2.27. The molecular formula is C15H16IN3. The van der Waals surface area contributed by atoms with Crippen molar-refractivity contribution in [2.24, 2.45) is 0 Å². The number of nitrogen functional groups attached to an aromatic ring is 1. The zero-order valence-electron chi connectivity index (χ0n) is 10.6. The molecule has 0 radical (unpaired) electrons. The molecular weight excluding hydrogens is 349 g/mol. The third-order valence-electron chi connectivity index (χ3n) is 3.62. The van der Waals surface area contributed by atoms with Gasteiger partial charge in [0.05, 0.1) is 11.7 Å². The number of halogens is 1. The van der Waals surface area contributed by atoms with Crippen molar-refractivity contribution in [1.82, 2.24) is 4.98 Å². The Kier molecular flexibility index (Phi) is 3.59. The molecule has 0 saturated carbocycles. The lowest BCUT2D eigenvalue weighted by atomic mass is 10.1. The fraction of sp³-hybridized carbons (Fsp3) is 0.267. The number of aromatic nitrogens is 1. The minimum Gasteiger partial charge on any atom is -0.399 e. The van der Waals surface area contributed by atoms with Crippen LogP contribution in [0.1, 0.15) is 24.4 Å². The highest BCUT2D eigenvalue weighted by atomic mass is 127. The molecule has 1 aliphatic rings. The van der Waals surface area contributed by atoms with Gasteiger partial charge in [-0.1, -0.05) is 0 Å². The Morgan fingerprint density at radius 1 is 1.21 bits per heavy atom. The van der Waals surface area contributed by atoms with Crippen LogP contribution in [-0.2, 0) is 0 Å². The highest BCUT2D eigenvalue weighted by Crippen LogP contribution is 2.38. The van der Waals surface area contributed by atoms with E-state index < -0.39 is 0 Å². The lowest BCUT2D eigenvalue weighted by Gasteiger charge is -2.28. The molecule has 1 unspecified atom stereocenters. The van der Waals surface area contributed by atoms with Crippen molar-refractivity contribution in [3.63, 3.8) is 0 Å². The summed E-state index contributed by atoms with van der Waals surface area (Å²) in [7, 11) is 0. The van der Waals surface area contributed by atoms with Crippen LogP contribution in [0.2, 0.25) is 0 Å². The van der Waals surface area contributed by atoms with Crippen LogP contribution in [-0.4, -0.2) is 11.5 Å². The van der Waals surface area contributed by atoms with Gasteiger partial charge in [-0.2, -0.15) is 0 Å². The van der Waals surface area contributed by atoms with Gasteiger partial charge in [-0.15, -0.1) is 0 Å². The largest absolute Gasteiger partial charge is 0.399 e. The Labute approximate surface area is 127 Å². The minimum atomic E-state index is 0.458. The molecule has 19 heavy (non-hydrogen) atoms. The molecule has 2 aromatic rings. The third-order valence-corrected chi connectivity index (χ3v) is 4.49. The van der Waals surface area contributed by atoms with E-state index >= 15 is 0 Å². The van der Waals surface area contributed by atoms with E-state index in [9.17, 15) is 0 Å². The summed E-state index contributed by atoms with van der Waals surface area (Å²) in [4.78, 5) is 6.59. The molecule has 0 amide bonds. The number of pyridine rings is 1. The normalized spacial score (nSPS) is 18.8. The summed E-state index contributed by atoms with van der Waals surface area (Å²) in [6.45, 7) is 1.10. The predicted octanol–water partition coefficient (Wildman–Crippen LogP) is 3.61. The second kappa shape index (κ2) is 5.36. The molecule has 1 atom stereocenters. The first kappa shape index (κ1) is 12.7. The van der Waals surface area contributed by atoms with Gasteiger partial charge < -0.3 is 10.6 Å². The summed E-state index contributed by atoms with van der Waals surface area (Å²) in [5, 5.41) is 0. The summed E-state index contributed by atoms with van der Waals surface area (Å²) >= 11 is 2.37. The lowest BCUT2D eigenvalue weighted by molar-refractivity contribution is 0.717. The van der Waals surface area contributed by atoms with Crippen LogP contribution in [0.5, 0.6) is 0 Å². The van der Waals surface area contributed by atoms with Gasteiger partial charge in [0, 0.05) is 28.2 Å². The summed E-state index contributed by atoms with van der Waals surface area (Å²) in [5.41, 5.74) is 9.30. The number of benzene rings is 1. The number of rotatable bonds is 2. The van der Waals surface area contributed by atoms with Gasteiger partial charge in [0.15, 0.2) is 0 Å². The average molecular weight is 365 g/mol. The van der Waals surface area contributed by atoms with Crippen molar-refractivity contribution in [2.45, 2.75) is 18.9 Å². The molecule has 2 heterocycles. The van der Waals surface area contributed by atoms with Crippen LogP contribution in [0, 0.1) is 3.57 Å². The van der Waals surface area contributed by atoms with Crippen molar-refractivity contribution in [3.05, 3.63) is 51.9 Å². The maximum atomic E-state index is 5.84. The van der Waals surface area contributed by atoms with Gasteiger partial charge in [-0.25, -0.2) is 0 Å². The van der Waals surface area contributed by atoms with Gasteiger partial charge in [0.25, 0.3) is 0 Å². The van der Waals surface area contributed by atoms with Crippen LogP contribution in [0.3, 0.4) is 0 Å². The van der Waals surface area contributed by atoms with Gasteiger partial charge in [-0.05, 0) is 71.3 Å². The maximum absolute atomic E-state index is 5.84. The minimum absolute atomic E-state index is 0.458. The number of hydrogen-bond acceptors (Lipinski definition) is 3. The van der Waals surface area contributed by atoms with Crippen LogP contribution < -0.4 is 10.6 Å². The van der Waals surface area contributed by atoms with E-state index in [0.29, 0.717) is 6.04 Å². The van der Waals surface area contributed by atoms with Crippen molar-refractivity contribution in [2.75, 3.05) is 17.2 Å². The summed E-state index contributed by atoms with van der Waals surface area (Å²) in [5.74, 6) is 0. The average Bonchev–Trinajstić information content (AvgIpc) is 2.89. The first-order valence-electron chi connectivity index (χ1n) is 6.47. The standard InChI is InChI=1S/C15H16IN3/c16-13-10-12(17)3-4-15(13)19-9-1-2-14(19)11-5-7-18-8-6-11/h3-8,10,14H,1-2,9,17H2. The molecule has 1 aromatic carbocycles. The molecule has 3 rings (SSSR count). The van der Waals surface area contributed by atoms with E-state index in [-0.39, 0.29) is 0 Å². The smallest absolute Gasteiger partial charge is 0.0544 e. The van der Waals surface area contributed by atoms with Crippen molar-refractivity contribution < 1.29 is 0 Å². The second-order valence-electron chi connectivity index (χ2n) is 4.84. The van der Waals surface area contributed by atoms with Crippen LogP contribution in [0.4, 0.5) is 11.4 Å². The number of nitrogens with two attached hydrogens (primary N) is 1. The van der Waals surface area contributed by atoms with Crippen molar-refractivity contribution in [3.8, 4) is 0 Å². The Balaban J connectivity index is 1.95. The predicted molar refractivity (Wildman–Crippen MR) is 87.1 cm³/mol. The summed E-state index contributed by atoms with van der Waals surface area (Å²) < 4.78 is 1.22. The lowest BCUT2D eigenvalue weighted by Crippen LogP contribution is -2.23. The number of anilines is 2. The van der Waals surface area contributed by atoms with Gasteiger partial charge in [0.2, 0.25) is 0 Å². The van der Waals surface area contributed by atoms with E-state index in [1.807, 2.05) is 24.5 Å². The third kappa shape index (κ3) is 2.54. The Bertz CT molecular complexity index is 571. The molecule has 98 valence electrons. The molecule has 3 nitrogen and oxygen atoms in total. The molecule has 1 fully saturated rings. The van der Waals surface area contributed by atoms with E-state index in [2.05, 4.69) is 50.7 Å². The Hall–Kier alpha value is -1.30. The fourth-order valence-electron chi connectivity index (χ4n) is 2.74. The molecule has 0 bridgehead atoms. The topological polar surface area (TPSA) is 42.1 Å². The molecule has 0 spiro atoms. The van der Waals surface area contributed by atoms with E-state index in [0.717, 1.165) is 12.2 Å². The quantitative estimate of drug-likeness (QED) is 0.653. The second-order valence-corrected chi connectivity index (χ2v) is 6.01. The SMILES string of the molecule is Nc1ccc(N2CCCC2c2ccncc2)c(I)c1. The van der Waals surface area contributed by atoms with Gasteiger partial charge in [-0.3, -0.25) is 4.98 Å². The van der Waals surface area contributed by atoms with Crippen LogP contribution >= 0.6 is 22.6 Å². The fourth-order valence-corrected chi connectivity index (χ4v) is 3.59. The molecule has 4 heteroatoms. The Morgan fingerprint density at radius 3 is 2.74 bits per heavy atom. The van der Waals surface area contributed by atoms with Crippen molar-refractivity contribution in [1.29, 1.82) is 0 Å². The zero-order valence-corrected chi connectivity index (χ0v) is 12.7. The van der Waals surface area contributed by atoms with Crippen molar-refractivity contribution >= 4 is 34.0 Å². The molecule has 0 aliphatic carbocycles. The number of nitrogens with zero attached hydrogens (tertiary/aromatic N) is 2. The van der Waals surface area contributed by atoms with E-state index in [4.69, 9.17) is 5.73 Å². The summed E-state index contributed by atoms with van der Waals surface area (Å²) in [6.07, 6.45) is 6.18. The van der Waals surface area contributed by atoms with Gasteiger partial charge >= 0.3 is 0 Å². The van der Waals surface area contributed by atoms with Crippen LogP contribution in [0.25, 0.3) is 0 Å². The molecule has 1 aliphatic heterocycles. The van der Waals surface area contributed by atoms with Gasteiger partial charge in [0.1, 0.15) is 0 Å². The highest BCUT2D eigenvalue weighted by molar-refractivity contribution is 14.1. The first-order chi connectivity index (χ1) is 9.25. The first-order valence-corrected chi connectivity index (χ1v) is 7.55. The van der Waals surface area contributed by atoms with E-state index in [1.165, 1.54) is 27.7 Å². The van der Waals surface area contributed by atoms with Crippen LogP contribution in [0.15, 0.2) is 42.7 Å². The molecule has 1 aromatic heterocycles. The monoisotopic (exact) mass is 365 g/mol. The Morgan fingerprint density at radius 2 is 2.00 bits per heavy atom. The molecule has 1 saturated heterocycles. The summed E-state index contributed by atoms with van der Waals surface area (Å²) in [6, 6.07) is 10.9. The zero-order chi connectivity index (χ0) is 13.2. The molecule has 2 N–H and O–H groups in total. The number of hydrogen-bond donors (Lipinski definition) is 1.